The molecule has 0 aliphatic carbocycles. The number of rotatable bonds is 6. The topological polar surface area (TPSA) is 107 Å². The van der Waals surface area contributed by atoms with Gasteiger partial charge in [0.25, 0.3) is 11.8 Å². The van der Waals surface area contributed by atoms with Gasteiger partial charge in [-0.15, -0.1) is 10.2 Å². The van der Waals surface area contributed by atoms with Crippen molar-refractivity contribution in [3.05, 3.63) is 59.8 Å². The third kappa shape index (κ3) is 3.29. The maximum absolute atomic E-state index is 12.4. The predicted molar refractivity (Wildman–Crippen MR) is 99.8 cm³/mol. The zero-order valence-electron chi connectivity index (χ0n) is 15.4. The van der Waals surface area contributed by atoms with Crippen LogP contribution in [0.5, 0.6) is 5.75 Å². The smallest absolute Gasteiger partial charge is 0.261 e. The summed E-state index contributed by atoms with van der Waals surface area (Å²) in [4.78, 5) is 16.8. The quantitative estimate of drug-likeness (QED) is 0.548. The summed E-state index contributed by atoms with van der Waals surface area (Å²) in [6.45, 7) is 2.17. The van der Waals surface area contributed by atoms with Gasteiger partial charge in [0.1, 0.15) is 5.75 Å². The minimum atomic E-state index is -0.226. The number of nitrogens with one attached hydrogen (secondary N) is 1. The van der Waals surface area contributed by atoms with Gasteiger partial charge < -0.3 is 14.6 Å². The van der Waals surface area contributed by atoms with E-state index in [9.17, 15) is 4.79 Å². The molecule has 3 aromatic heterocycles. The fourth-order valence-electron chi connectivity index (χ4n) is 2.78. The van der Waals surface area contributed by atoms with Gasteiger partial charge in [-0.05, 0) is 30.3 Å². The lowest BCUT2D eigenvalue weighted by Crippen LogP contribution is -2.24. The Morgan fingerprint density at radius 1 is 1.25 bits per heavy atom. The molecule has 0 fully saturated rings. The molecule has 1 amide bonds. The van der Waals surface area contributed by atoms with Gasteiger partial charge in [-0.2, -0.15) is 4.98 Å². The number of benzene rings is 1. The number of hydrogen-bond donors (Lipinski definition) is 1. The predicted octanol–water partition coefficient (Wildman–Crippen LogP) is 2.28. The Labute approximate surface area is 160 Å². The SMILES string of the molecule is CCc1noc(-c2cccn3c(CNC(=O)c4cccc(OC)c4)nnc23)n1. The summed E-state index contributed by atoms with van der Waals surface area (Å²) in [5.74, 6) is 2.00. The molecular weight excluding hydrogens is 360 g/mol. The van der Waals surface area contributed by atoms with Crippen molar-refractivity contribution in [2.24, 2.45) is 0 Å². The average molecular weight is 378 g/mol. The highest BCUT2D eigenvalue weighted by Crippen LogP contribution is 2.22. The zero-order valence-corrected chi connectivity index (χ0v) is 15.4. The summed E-state index contributed by atoms with van der Waals surface area (Å²) in [5.41, 5.74) is 1.78. The zero-order chi connectivity index (χ0) is 19.5. The number of methoxy groups -OCH3 is 1. The van der Waals surface area contributed by atoms with Gasteiger partial charge in [0, 0.05) is 18.2 Å². The molecule has 9 nitrogen and oxygen atoms in total. The molecule has 1 aromatic carbocycles. The van der Waals surface area contributed by atoms with Crippen molar-refractivity contribution in [3.8, 4) is 17.2 Å². The van der Waals surface area contributed by atoms with Gasteiger partial charge in [0.15, 0.2) is 17.3 Å². The molecule has 0 spiro atoms. The first-order chi connectivity index (χ1) is 13.7. The van der Waals surface area contributed by atoms with Crippen molar-refractivity contribution in [1.29, 1.82) is 0 Å². The molecule has 0 saturated heterocycles. The minimum absolute atomic E-state index is 0.213. The maximum atomic E-state index is 12.4. The molecule has 142 valence electrons. The fraction of sp³-hybridized carbons (Fsp3) is 0.211. The van der Waals surface area contributed by atoms with Crippen LogP contribution >= 0.6 is 0 Å². The van der Waals surface area contributed by atoms with E-state index in [1.807, 2.05) is 25.3 Å². The Hall–Kier alpha value is -3.75. The van der Waals surface area contributed by atoms with Gasteiger partial charge >= 0.3 is 0 Å². The van der Waals surface area contributed by atoms with Gasteiger partial charge in [0.2, 0.25) is 0 Å². The molecule has 4 rings (SSSR count). The van der Waals surface area contributed by atoms with Gasteiger partial charge in [0.05, 0.1) is 19.2 Å². The van der Waals surface area contributed by atoms with Crippen LogP contribution in [-0.2, 0) is 13.0 Å². The van der Waals surface area contributed by atoms with E-state index in [0.717, 1.165) is 0 Å². The van der Waals surface area contributed by atoms with Crippen LogP contribution in [0.4, 0.5) is 0 Å². The van der Waals surface area contributed by atoms with Crippen LogP contribution in [0.1, 0.15) is 28.9 Å². The summed E-state index contributed by atoms with van der Waals surface area (Å²) < 4.78 is 12.3. The normalized spacial score (nSPS) is 10.9. The fourth-order valence-corrected chi connectivity index (χ4v) is 2.78. The van der Waals surface area contributed by atoms with Crippen molar-refractivity contribution in [2.45, 2.75) is 19.9 Å². The monoisotopic (exact) mass is 378 g/mol. The van der Waals surface area contributed by atoms with E-state index in [0.29, 0.717) is 46.5 Å². The van der Waals surface area contributed by atoms with Crippen LogP contribution in [-0.4, -0.2) is 37.8 Å². The van der Waals surface area contributed by atoms with Crippen LogP contribution in [0, 0.1) is 0 Å². The first-order valence-electron chi connectivity index (χ1n) is 8.77. The number of carbonyl (C=O) groups excluding carboxylic acids is 1. The average Bonchev–Trinajstić information content (AvgIpc) is 3.39. The van der Waals surface area contributed by atoms with E-state index < -0.39 is 0 Å². The highest BCUT2D eigenvalue weighted by molar-refractivity contribution is 5.94. The lowest BCUT2D eigenvalue weighted by molar-refractivity contribution is 0.0949. The van der Waals surface area contributed by atoms with Crippen LogP contribution in [0.2, 0.25) is 0 Å². The molecule has 0 aliphatic heterocycles. The molecule has 4 aromatic rings. The molecule has 1 N–H and O–H groups in total. The van der Waals surface area contributed by atoms with Gasteiger partial charge in [-0.25, -0.2) is 0 Å². The number of pyridine rings is 1. The summed E-state index contributed by atoms with van der Waals surface area (Å²) in [6, 6.07) is 10.6. The molecular formula is C19H18N6O3. The van der Waals surface area contributed by atoms with E-state index in [2.05, 4.69) is 25.7 Å². The molecule has 0 bridgehead atoms. The molecule has 28 heavy (non-hydrogen) atoms. The van der Waals surface area contributed by atoms with Crippen LogP contribution in [0.3, 0.4) is 0 Å². The third-order valence-corrected chi connectivity index (χ3v) is 4.26. The molecule has 0 aliphatic rings. The number of aryl methyl sites for hydroxylation is 1. The minimum Gasteiger partial charge on any atom is -0.497 e. The van der Waals surface area contributed by atoms with Crippen LogP contribution in [0.25, 0.3) is 17.1 Å². The maximum Gasteiger partial charge on any atom is 0.261 e. The van der Waals surface area contributed by atoms with Crippen molar-refractivity contribution >= 4 is 11.6 Å². The molecule has 0 atom stereocenters. The first kappa shape index (κ1) is 17.7. The lowest BCUT2D eigenvalue weighted by Gasteiger charge is -2.06. The first-order valence-corrected chi connectivity index (χ1v) is 8.77. The van der Waals surface area contributed by atoms with Crippen molar-refractivity contribution in [1.82, 2.24) is 30.1 Å². The second-order valence-corrected chi connectivity index (χ2v) is 6.02. The van der Waals surface area contributed by atoms with Crippen LogP contribution < -0.4 is 10.1 Å². The van der Waals surface area contributed by atoms with Crippen molar-refractivity contribution in [2.75, 3.05) is 7.11 Å². The summed E-state index contributed by atoms with van der Waals surface area (Å²) in [7, 11) is 1.56. The molecule has 9 heteroatoms. The van der Waals surface area contributed by atoms with Crippen molar-refractivity contribution in [3.63, 3.8) is 0 Å². The van der Waals surface area contributed by atoms with E-state index in [1.165, 1.54) is 0 Å². The molecule has 0 radical (unpaired) electrons. The van der Waals surface area contributed by atoms with Gasteiger partial charge in [-0.3, -0.25) is 9.20 Å². The Kier molecular flexibility index (Phi) is 4.71. The van der Waals surface area contributed by atoms with Gasteiger partial charge in [-0.1, -0.05) is 18.1 Å². The number of fused-ring (bicyclic) bond motifs is 1. The summed E-state index contributed by atoms with van der Waals surface area (Å²) in [6.07, 6.45) is 2.50. The van der Waals surface area contributed by atoms with E-state index in [-0.39, 0.29) is 12.5 Å². The number of aromatic nitrogens is 5. The molecule has 3 heterocycles. The standard InChI is InChI=1S/C19H18N6O3/c1-3-15-21-19(28-24-15)14-8-5-9-25-16(22-23-17(14)25)11-20-18(26)12-6-4-7-13(10-12)27-2/h4-10H,3,11H2,1-2H3,(H,20,26). The highest BCUT2D eigenvalue weighted by Gasteiger charge is 2.16. The summed E-state index contributed by atoms with van der Waals surface area (Å²) >= 11 is 0. The Balaban J connectivity index is 1.56. The lowest BCUT2D eigenvalue weighted by atomic mass is 10.2. The number of nitrogens with zero attached hydrogens (tertiary/aromatic N) is 5. The Morgan fingerprint density at radius 2 is 2.14 bits per heavy atom. The number of hydrogen-bond acceptors (Lipinski definition) is 7. The Morgan fingerprint density at radius 3 is 2.93 bits per heavy atom. The van der Waals surface area contributed by atoms with E-state index >= 15 is 0 Å². The number of carbonyl (C=O) groups is 1. The molecule has 0 unspecified atom stereocenters. The number of ether oxygens (including phenoxy) is 1. The summed E-state index contributed by atoms with van der Waals surface area (Å²) in [5, 5.41) is 15.2. The number of amides is 1. The van der Waals surface area contributed by atoms with Crippen molar-refractivity contribution < 1.29 is 14.1 Å². The largest absolute Gasteiger partial charge is 0.497 e. The highest BCUT2D eigenvalue weighted by atomic mass is 16.5. The van der Waals surface area contributed by atoms with E-state index in [4.69, 9.17) is 9.26 Å². The third-order valence-electron chi connectivity index (χ3n) is 4.26. The molecule has 0 saturated carbocycles. The second kappa shape index (κ2) is 7.47. The second-order valence-electron chi connectivity index (χ2n) is 6.02. The Bertz CT molecular complexity index is 1130. The van der Waals surface area contributed by atoms with E-state index in [1.54, 1.807) is 35.8 Å². The van der Waals surface area contributed by atoms with Crippen LogP contribution in [0.15, 0.2) is 47.1 Å².